The molecular weight excluding hydrogens is 346 g/mol. The molecule has 0 aliphatic carbocycles. The van der Waals surface area contributed by atoms with Gasteiger partial charge in [0.25, 0.3) is 0 Å². The average Bonchev–Trinajstić information content (AvgIpc) is 2.66. The van der Waals surface area contributed by atoms with Crippen molar-refractivity contribution in [3.63, 3.8) is 0 Å². The van der Waals surface area contributed by atoms with E-state index in [-0.39, 0.29) is 0 Å². The number of nitrogens with zero attached hydrogens (tertiary/aromatic N) is 1. The molecule has 0 amide bonds. The Kier molecular flexibility index (Phi) is 6.82. The first-order valence-electron chi connectivity index (χ1n) is 8.88. The summed E-state index contributed by atoms with van der Waals surface area (Å²) >= 11 is 5.36. The number of anilines is 1. The molecule has 0 bridgehead atoms. The maximum absolute atomic E-state index is 5.83. The van der Waals surface area contributed by atoms with E-state index >= 15 is 0 Å². The van der Waals surface area contributed by atoms with Gasteiger partial charge in [0.15, 0.2) is 5.11 Å². The van der Waals surface area contributed by atoms with Crippen LogP contribution in [0.2, 0.25) is 0 Å². The normalized spacial score (nSPS) is 14.7. The summed E-state index contributed by atoms with van der Waals surface area (Å²) in [5, 5.41) is 7.07. The van der Waals surface area contributed by atoms with Crippen LogP contribution in [0.25, 0.3) is 0 Å². The molecule has 5 nitrogen and oxygen atoms in total. The van der Waals surface area contributed by atoms with Gasteiger partial charge in [0.2, 0.25) is 0 Å². The first-order chi connectivity index (χ1) is 12.7. The van der Waals surface area contributed by atoms with Gasteiger partial charge in [-0.15, -0.1) is 0 Å². The van der Waals surface area contributed by atoms with Crippen molar-refractivity contribution in [2.45, 2.75) is 6.92 Å². The minimum absolute atomic E-state index is 0.630. The summed E-state index contributed by atoms with van der Waals surface area (Å²) in [6.07, 6.45) is 0. The fraction of sp³-hybridized carbons (Fsp3) is 0.350. The molecule has 138 valence electrons. The second-order valence-electron chi connectivity index (χ2n) is 6.27. The molecule has 0 saturated carbocycles. The third-order valence-corrected chi connectivity index (χ3v) is 4.43. The number of thiocarbonyl (C=S) groups is 1. The zero-order valence-electron chi connectivity index (χ0n) is 15.0. The van der Waals surface area contributed by atoms with Gasteiger partial charge in [0, 0.05) is 31.9 Å². The van der Waals surface area contributed by atoms with Crippen molar-refractivity contribution in [1.29, 1.82) is 0 Å². The first kappa shape index (κ1) is 18.6. The quantitative estimate of drug-likeness (QED) is 0.759. The molecule has 2 aromatic rings. The molecule has 0 unspecified atom stereocenters. The Morgan fingerprint density at radius 2 is 1.65 bits per heavy atom. The van der Waals surface area contributed by atoms with Gasteiger partial charge in [-0.25, -0.2) is 0 Å². The second kappa shape index (κ2) is 9.52. The van der Waals surface area contributed by atoms with Gasteiger partial charge in [-0.05, 0) is 55.5 Å². The van der Waals surface area contributed by atoms with E-state index in [2.05, 4.69) is 22.5 Å². The first-order valence-corrected chi connectivity index (χ1v) is 9.29. The predicted molar refractivity (Wildman–Crippen MR) is 109 cm³/mol. The lowest BCUT2D eigenvalue weighted by atomic mass is 10.2. The van der Waals surface area contributed by atoms with Crippen LogP contribution in [0.1, 0.15) is 5.56 Å². The zero-order valence-corrected chi connectivity index (χ0v) is 15.8. The Morgan fingerprint density at radius 1 is 1.04 bits per heavy atom. The number of hydrogen-bond donors (Lipinski definition) is 2. The molecule has 1 aliphatic heterocycles. The molecule has 1 fully saturated rings. The number of ether oxygens (including phenoxy) is 2. The van der Waals surface area contributed by atoms with Crippen molar-refractivity contribution in [2.24, 2.45) is 0 Å². The Labute approximate surface area is 160 Å². The number of morpholine rings is 1. The lowest BCUT2D eigenvalue weighted by Crippen LogP contribution is -2.42. The molecule has 2 aromatic carbocycles. The molecule has 0 aromatic heterocycles. The average molecular weight is 372 g/mol. The third-order valence-electron chi connectivity index (χ3n) is 4.19. The fourth-order valence-electron chi connectivity index (χ4n) is 2.68. The van der Waals surface area contributed by atoms with Crippen molar-refractivity contribution < 1.29 is 9.47 Å². The summed E-state index contributed by atoms with van der Waals surface area (Å²) in [6.45, 7) is 7.46. The van der Waals surface area contributed by atoms with E-state index < -0.39 is 0 Å². The molecule has 3 rings (SSSR count). The van der Waals surface area contributed by atoms with Crippen LogP contribution in [0, 0.1) is 6.92 Å². The van der Waals surface area contributed by atoms with Crippen LogP contribution in [-0.4, -0.2) is 49.4 Å². The molecule has 6 heteroatoms. The summed E-state index contributed by atoms with van der Waals surface area (Å²) in [6, 6.07) is 15.8. The highest BCUT2D eigenvalue weighted by molar-refractivity contribution is 7.80. The number of benzene rings is 2. The highest BCUT2D eigenvalue weighted by atomic mass is 32.1. The van der Waals surface area contributed by atoms with Crippen molar-refractivity contribution in [3.05, 3.63) is 54.1 Å². The van der Waals surface area contributed by atoms with E-state index in [0.29, 0.717) is 5.11 Å². The highest BCUT2D eigenvalue weighted by Crippen LogP contribution is 2.23. The van der Waals surface area contributed by atoms with Gasteiger partial charge in [0.1, 0.15) is 11.5 Å². The molecule has 26 heavy (non-hydrogen) atoms. The van der Waals surface area contributed by atoms with Crippen molar-refractivity contribution in [3.8, 4) is 11.5 Å². The molecule has 1 saturated heterocycles. The minimum atomic E-state index is 0.630. The van der Waals surface area contributed by atoms with Gasteiger partial charge in [-0.1, -0.05) is 17.7 Å². The van der Waals surface area contributed by atoms with E-state index in [0.717, 1.165) is 56.6 Å². The van der Waals surface area contributed by atoms with Crippen LogP contribution in [-0.2, 0) is 4.74 Å². The number of aryl methyl sites for hydroxylation is 1. The summed E-state index contributed by atoms with van der Waals surface area (Å²) in [5.74, 6) is 1.63. The Morgan fingerprint density at radius 3 is 2.31 bits per heavy atom. The van der Waals surface area contributed by atoms with Crippen LogP contribution < -0.4 is 15.4 Å². The maximum Gasteiger partial charge on any atom is 0.170 e. The van der Waals surface area contributed by atoms with Crippen LogP contribution in [0.15, 0.2) is 48.5 Å². The monoisotopic (exact) mass is 371 g/mol. The Bertz CT molecular complexity index is 698. The van der Waals surface area contributed by atoms with Crippen LogP contribution in [0.4, 0.5) is 5.69 Å². The molecule has 0 spiro atoms. The van der Waals surface area contributed by atoms with Crippen LogP contribution in [0.3, 0.4) is 0 Å². The van der Waals surface area contributed by atoms with Crippen molar-refractivity contribution in [2.75, 3.05) is 44.7 Å². The van der Waals surface area contributed by atoms with Crippen LogP contribution in [0.5, 0.6) is 11.5 Å². The summed E-state index contributed by atoms with van der Waals surface area (Å²) in [7, 11) is 0. The molecule has 1 heterocycles. The SMILES string of the molecule is Cc1ccc(Oc2ccc(NC(=S)NCCN3CCOCC3)cc2)cc1. The molecular formula is C20H25N3O2S. The number of hydrogen-bond acceptors (Lipinski definition) is 4. The van der Waals surface area contributed by atoms with E-state index in [1.54, 1.807) is 0 Å². The van der Waals surface area contributed by atoms with E-state index in [1.165, 1.54) is 5.56 Å². The molecule has 0 radical (unpaired) electrons. The zero-order chi connectivity index (χ0) is 18.2. The second-order valence-corrected chi connectivity index (χ2v) is 6.68. The number of nitrogens with one attached hydrogen (secondary N) is 2. The summed E-state index contributed by atoms with van der Waals surface area (Å²) < 4.78 is 11.2. The minimum Gasteiger partial charge on any atom is -0.457 e. The fourth-order valence-corrected chi connectivity index (χ4v) is 2.90. The topological polar surface area (TPSA) is 45.8 Å². The lowest BCUT2D eigenvalue weighted by Gasteiger charge is -2.26. The van der Waals surface area contributed by atoms with Gasteiger partial charge in [-0.2, -0.15) is 0 Å². The van der Waals surface area contributed by atoms with Crippen molar-refractivity contribution >= 4 is 23.0 Å². The summed E-state index contributed by atoms with van der Waals surface area (Å²) in [5.41, 5.74) is 2.15. The largest absolute Gasteiger partial charge is 0.457 e. The van der Waals surface area contributed by atoms with E-state index in [4.69, 9.17) is 21.7 Å². The van der Waals surface area contributed by atoms with Gasteiger partial charge in [-0.3, -0.25) is 4.90 Å². The van der Waals surface area contributed by atoms with Crippen molar-refractivity contribution in [1.82, 2.24) is 10.2 Å². The Balaban J connectivity index is 1.41. The molecule has 0 atom stereocenters. The predicted octanol–water partition coefficient (Wildman–Crippen LogP) is 3.41. The molecule has 1 aliphatic rings. The lowest BCUT2D eigenvalue weighted by molar-refractivity contribution is 0.0389. The van der Waals surface area contributed by atoms with Gasteiger partial charge >= 0.3 is 0 Å². The smallest absolute Gasteiger partial charge is 0.170 e. The Hall–Kier alpha value is -2.15. The maximum atomic E-state index is 5.83. The summed E-state index contributed by atoms with van der Waals surface area (Å²) in [4.78, 5) is 2.37. The van der Waals surface area contributed by atoms with Gasteiger partial charge < -0.3 is 20.1 Å². The van der Waals surface area contributed by atoms with Crippen LogP contribution >= 0.6 is 12.2 Å². The van der Waals surface area contributed by atoms with E-state index in [9.17, 15) is 0 Å². The standard InChI is InChI=1S/C20H25N3O2S/c1-16-2-6-18(7-3-16)25-19-8-4-17(5-9-19)22-20(26)21-10-11-23-12-14-24-15-13-23/h2-9H,10-15H2,1H3,(H2,21,22,26). The highest BCUT2D eigenvalue weighted by Gasteiger charge is 2.09. The van der Waals surface area contributed by atoms with E-state index in [1.807, 2.05) is 48.5 Å². The van der Waals surface area contributed by atoms with Gasteiger partial charge in [0.05, 0.1) is 13.2 Å². The third kappa shape index (κ3) is 5.98. The molecule has 2 N–H and O–H groups in total. The number of rotatable bonds is 6.